The van der Waals surface area contributed by atoms with Crippen molar-refractivity contribution in [3.8, 4) is 11.4 Å². The first-order chi connectivity index (χ1) is 12.0. The molecule has 0 aliphatic rings. The second kappa shape index (κ2) is 7.31. The molecule has 0 saturated heterocycles. The van der Waals surface area contributed by atoms with Crippen LogP contribution in [0.3, 0.4) is 0 Å². The Morgan fingerprint density at radius 3 is 2.68 bits per heavy atom. The van der Waals surface area contributed by atoms with Gasteiger partial charge in [0, 0.05) is 10.7 Å². The van der Waals surface area contributed by atoms with E-state index in [9.17, 15) is 4.79 Å². The van der Waals surface area contributed by atoms with Crippen LogP contribution >= 0.6 is 11.6 Å². The Hall–Kier alpha value is -2.93. The van der Waals surface area contributed by atoms with Gasteiger partial charge in [0.25, 0.3) is 5.91 Å². The average molecular weight is 358 g/mol. The van der Waals surface area contributed by atoms with Crippen LogP contribution in [-0.2, 0) is 4.79 Å². The first kappa shape index (κ1) is 16.9. The third-order valence-corrected chi connectivity index (χ3v) is 3.82. The van der Waals surface area contributed by atoms with Crippen molar-refractivity contribution in [2.75, 3.05) is 5.32 Å². The van der Waals surface area contributed by atoms with Gasteiger partial charge in [0.2, 0.25) is 0 Å². The van der Waals surface area contributed by atoms with Crippen LogP contribution in [0.15, 0.2) is 48.8 Å². The number of aryl methyl sites for hydroxylation is 1. The SMILES string of the molecule is Cc1ccc(NC(=O)C(C)Oc2ccc(Cl)cc2)cc1-n1cnnn1. The van der Waals surface area contributed by atoms with Gasteiger partial charge in [-0.15, -0.1) is 5.10 Å². The molecule has 0 aliphatic heterocycles. The van der Waals surface area contributed by atoms with Crippen LogP contribution in [0.5, 0.6) is 5.75 Å². The lowest BCUT2D eigenvalue weighted by Crippen LogP contribution is -2.30. The summed E-state index contributed by atoms with van der Waals surface area (Å²) in [4.78, 5) is 12.4. The minimum absolute atomic E-state index is 0.263. The van der Waals surface area contributed by atoms with Crippen molar-refractivity contribution in [1.82, 2.24) is 20.2 Å². The van der Waals surface area contributed by atoms with Crippen molar-refractivity contribution in [2.24, 2.45) is 0 Å². The van der Waals surface area contributed by atoms with Gasteiger partial charge in [-0.3, -0.25) is 4.79 Å². The number of rotatable bonds is 5. The first-order valence-corrected chi connectivity index (χ1v) is 7.98. The molecule has 0 bridgehead atoms. The van der Waals surface area contributed by atoms with Crippen LogP contribution in [0.1, 0.15) is 12.5 Å². The van der Waals surface area contributed by atoms with E-state index in [0.717, 1.165) is 11.3 Å². The smallest absolute Gasteiger partial charge is 0.265 e. The van der Waals surface area contributed by atoms with E-state index in [0.29, 0.717) is 16.5 Å². The first-order valence-electron chi connectivity index (χ1n) is 7.60. The van der Waals surface area contributed by atoms with Crippen LogP contribution in [0.4, 0.5) is 5.69 Å². The Balaban J connectivity index is 1.70. The summed E-state index contributed by atoms with van der Waals surface area (Å²) in [6.07, 6.45) is 0.833. The van der Waals surface area contributed by atoms with Crippen molar-refractivity contribution in [1.29, 1.82) is 0 Å². The van der Waals surface area contributed by atoms with Crippen LogP contribution in [0, 0.1) is 6.92 Å². The van der Waals surface area contributed by atoms with Crippen molar-refractivity contribution in [3.05, 3.63) is 59.4 Å². The summed E-state index contributed by atoms with van der Waals surface area (Å²) in [6, 6.07) is 12.4. The molecule has 1 N–H and O–H groups in total. The number of hydrogen-bond donors (Lipinski definition) is 1. The number of benzene rings is 2. The highest BCUT2D eigenvalue weighted by atomic mass is 35.5. The number of ether oxygens (including phenoxy) is 1. The number of carbonyl (C=O) groups is 1. The number of carbonyl (C=O) groups excluding carboxylic acids is 1. The molecule has 1 heterocycles. The van der Waals surface area contributed by atoms with Crippen molar-refractivity contribution >= 4 is 23.2 Å². The zero-order valence-corrected chi connectivity index (χ0v) is 14.4. The second-order valence-corrected chi connectivity index (χ2v) is 5.90. The van der Waals surface area contributed by atoms with E-state index in [2.05, 4.69) is 20.8 Å². The maximum Gasteiger partial charge on any atom is 0.265 e. The van der Waals surface area contributed by atoms with E-state index in [1.807, 2.05) is 19.1 Å². The maximum atomic E-state index is 12.4. The van der Waals surface area contributed by atoms with E-state index >= 15 is 0 Å². The quantitative estimate of drug-likeness (QED) is 0.759. The number of amides is 1. The van der Waals surface area contributed by atoms with Gasteiger partial charge in [-0.1, -0.05) is 17.7 Å². The molecule has 25 heavy (non-hydrogen) atoms. The molecule has 3 aromatic rings. The zero-order valence-electron chi connectivity index (χ0n) is 13.7. The Kier molecular flexibility index (Phi) is 4.95. The fourth-order valence-corrected chi connectivity index (χ4v) is 2.35. The fourth-order valence-electron chi connectivity index (χ4n) is 2.22. The molecule has 0 spiro atoms. The molecule has 7 nitrogen and oxygen atoms in total. The Bertz CT molecular complexity index is 865. The Labute approximate surface area is 149 Å². The number of halogens is 1. The summed E-state index contributed by atoms with van der Waals surface area (Å²) in [7, 11) is 0. The minimum atomic E-state index is -0.668. The van der Waals surface area contributed by atoms with Crippen molar-refractivity contribution < 1.29 is 9.53 Å². The molecule has 1 unspecified atom stereocenters. The summed E-state index contributed by atoms with van der Waals surface area (Å²) < 4.78 is 7.16. The molecule has 3 rings (SSSR count). The Morgan fingerprint density at radius 2 is 2.00 bits per heavy atom. The summed E-state index contributed by atoms with van der Waals surface area (Å²) in [5.41, 5.74) is 2.40. The van der Waals surface area contributed by atoms with E-state index in [4.69, 9.17) is 16.3 Å². The highest BCUT2D eigenvalue weighted by molar-refractivity contribution is 6.30. The molecule has 1 atom stereocenters. The fraction of sp³-hybridized carbons (Fsp3) is 0.176. The summed E-state index contributed by atoms with van der Waals surface area (Å²) >= 11 is 5.84. The van der Waals surface area contributed by atoms with E-state index in [1.54, 1.807) is 41.9 Å². The summed E-state index contributed by atoms with van der Waals surface area (Å²) in [5.74, 6) is 0.312. The number of tetrazole rings is 1. The standard InChI is InChI=1S/C17H16ClN5O2/c1-11-3-6-14(9-16(11)23-10-19-21-22-23)20-17(24)12(2)25-15-7-4-13(18)5-8-15/h3-10,12H,1-2H3,(H,20,24). The van der Waals surface area contributed by atoms with E-state index in [-0.39, 0.29) is 5.91 Å². The number of nitrogens with one attached hydrogen (secondary N) is 1. The van der Waals surface area contributed by atoms with Gasteiger partial charge >= 0.3 is 0 Å². The molecular weight excluding hydrogens is 342 g/mol. The van der Waals surface area contributed by atoms with Gasteiger partial charge < -0.3 is 10.1 Å². The van der Waals surface area contributed by atoms with Crippen molar-refractivity contribution in [2.45, 2.75) is 20.0 Å². The molecule has 0 fully saturated rings. The summed E-state index contributed by atoms with van der Waals surface area (Å²) in [5, 5.41) is 14.6. The molecule has 128 valence electrons. The average Bonchev–Trinajstić information content (AvgIpc) is 3.13. The number of aromatic nitrogens is 4. The van der Waals surface area contributed by atoms with Crippen LogP contribution in [0.25, 0.3) is 5.69 Å². The van der Waals surface area contributed by atoms with Crippen LogP contribution < -0.4 is 10.1 Å². The monoisotopic (exact) mass is 357 g/mol. The molecule has 0 radical (unpaired) electrons. The van der Waals surface area contributed by atoms with Gasteiger partial charge in [-0.2, -0.15) is 0 Å². The van der Waals surface area contributed by atoms with Gasteiger partial charge in [-0.25, -0.2) is 4.68 Å². The third-order valence-electron chi connectivity index (χ3n) is 3.57. The van der Waals surface area contributed by atoms with Gasteiger partial charge in [0.15, 0.2) is 6.10 Å². The van der Waals surface area contributed by atoms with Gasteiger partial charge in [0.05, 0.1) is 5.69 Å². The van der Waals surface area contributed by atoms with Crippen molar-refractivity contribution in [3.63, 3.8) is 0 Å². The largest absolute Gasteiger partial charge is 0.481 e. The molecule has 8 heteroatoms. The molecule has 1 amide bonds. The topological polar surface area (TPSA) is 81.9 Å². The van der Waals surface area contributed by atoms with E-state index in [1.165, 1.54) is 6.33 Å². The second-order valence-electron chi connectivity index (χ2n) is 5.46. The molecule has 2 aromatic carbocycles. The van der Waals surface area contributed by atoms with Crippen LogP contribution in [0.2, 0.25) is 5.02 Å². The molecule has 0 aliphatic carbocycles. The highest BCUT2D eigenvalue weighted by Gasteiger charge is 2.15. The summed E-state index contributed by atoms with van der Waals surface area (Å²) in [6.45, 7) is 3.62. The Morgan fingerprint density at radius 1 is 1.24 bits per heavy atom. The molecular formula is C17H16ClN5O2. The van der Waals surface area contributed by atoms with Gasteiger partial charge in [0.1, 0.15) is 12.1 Å². The lowest BCUT2D eigenvalue weighted by atomic mass is 10.1. The number of anilines is 1. The molecule has 1 aromatic heterocycles. The third kappa shape index (κ3) is 4.13. The predicted molar refractivity (Wildman–Crippen MR) is 94.1 cm³/mol. The number of hydrogen-bond acceptors (Lipinski definition) is 5. The highest BCUT2D eigenvalue weighted by Crippen LogP contribution is 2.20. The normalized spacial score (nSPS) is 11.8. The predicted octanol–water partition coefficient (Wildman–Crippen LogP) is 3.03. The van der Waals surface area contributed by atoms with Crippen LogP contribution in [-0.4, -0.2) is 32.2 Å². The lowest BCUT2D eigenvalue weighted by Gasteiger charge is -2.15. The maximum absolute atomic E-state index is 12.4. The minimum Gasteiger partial charge on any atom is -0.481 e. The molecule has 0 saturated carbocycles. The lowest BCUT2D eigenvalue weighted by molar-refractivity contribution is -0.122. The van der Waals surface area contributed by atoms with Gasteiger partial charge in [-0.05, 0) is 66.2 Å². The van der Waals surface area contributed by atoms with E-state index < -0.39 is 6.10 Å². The number of nitrogens with zero attached hydrogens (tertiary/aromatic N) is 4. The zero-order chi connectivity index (χ0) is 17.8.